The summed E-state index contributed by atoms with van der Waals surface area (Å²) in [5, 5.41) is 3.28. The van der Waals surface area contributed by atoms with Crippen LogP contribution in [0.1, 0.15) is 6.92 Å². The topological polar surface area (TPSA) is 43.3 Å². The molecule has 5 heteroatoms. The number of hydrogen-bond donors (Lipinski definition) is 1. The van der Waals surface area contributed by atoms with Crippen molar-refractivity contribution in [1.29, 1.82) is 0 Å². The maximum Gasteiger partial charge on any atom is 0.264 e. The highest BCUT2D eigenvalue weighted by Crippen LogP contribution is 2.00. The molecule has 0 saturated heterocycles. The van der Waals surface area contributed by atoms with Crippen molar-refractivity contribution >= 4 is 15.9 Å². The number of halogens is 1. The van der Waals surface area contributed by atoms with E-state index >= 15 is 0 Å². The van der Waals surface area contributed by atoms with Gasteiger partial charge in [0, 0.05) is 32.4 Å². The minimum absolute atomic E-state index is 0.00342. The summed E-state index contributed by atoms with van der Waals surface area (Å²) in [6.45, 7) is 4.13. The molecule has 1 heterocycles. The van der Waals surface area contributed by atoms with Crippen LogP contribution in [-0.2, 0) is 11.3 Å². The van der Waals surface area contributed by atoms with E-state index in [9.17, 15) is 4.79 Å². The van der Waals surface area contributed by atoms with Gasteiger partial charge in [-0.05, 0) is 35.0 Å². The molecule has 16 heavy (non-hydrogen) atoms. The van der Waals surface area contributed by atoms with Gasteiger partial charge in [0.1, 0.15) is 0 Å². The molecule has 1 atom stereocenters. The summed E-state index contributed by atoms with van der Waals surface area (Å²) >= 11 is 3.22. The van der Waals surface area contributed by atoms with E-state index in [0.29, 0.717) is 23.7 Å². The highest BCUT2D eigenvalue weighted by molar-refractivity contribution is 9.10. The van der Waals surface area contributed by atoms with Crippen LogP contribution in [0.5, 0.6) is 0 Å². The predicted molar refractivity (Wildman–Crippen MR) is 67.7 cm³/mol. The molecule has 0 fully saturated rings. The molecule has 0 aliphatic carbocycles. The fraction of sp³-hybridized carbons (Fsp3) is 0.545. The van der Waals surface area contributed by atoms with Crippen LogP contribution >= 0.6 is 15.9 Å². The van der Waals surface area contributed by atoms with Crippen LogP contribution in [0.3, 0.4) is 0 Å². The van der Waals surface area contributed by atoms with Crippen LogP contribution < -0.4 is 10.9 Å². The third kappa shape index (κ3) is 4.08. The summed E-state index contributed by atoms with van der Waals surface area (Å²) in [6, 6.07) is 3.90. The molecule has 0 aliphatic heterocycles. The number of rotatable bonds is 6. The first-order valence-electron chi connectivity index (χ1n) is 5.22. The van der Waals surface area contributed by atoms with Gasteiger partial charge in [-0.25, -0.2) is 0 Å². The Morgan fingerprint density at radius 2 is 2.38 bits per heavy atom. The molecule has 0 spiro atoms. The van der Waals surface area contributed by atoms with Gasteiger partial charge in [0.05, 0.1) is 11.1 Å². The van der Waals surface area contributed by atoms with Gasteiger partial charge in [-0.15, -0.1) is 0 Å². The van der Waals surface area contributed by atoms with Gasteiger partial charge in [0.2, 0.25) is 0 Å². The first-order chi connectivity index (χ1) is 7.65. The fourth-order valence-corrected chi connectivity index (χ4v) is 1.80. The fourth-order valence-electron chi connectivity index (χ4n) is 1.42. The van der Waals surface area contributed by atoms with E-state index in [-0.39, 0.29) is 5.56 Å². The number of hydrogen-bond acceptors (Lipinski definition) is 3. The standard InChI is InChI=1S/C11H17BrN2O2/c1-9(8-16-2)13-5-7-14-6-3-4-10(12)11(14)15/h3-4,6,9,13H,5,7-8H2,1-2H3. The first-order valence-corrected chi connectivity index (χ1v) is 6.01. The number of nitrogens with one attached hydrogen (secondary N) is 1. The summed E-state index contributed by atoms with van der Waals surface area (Å²) in [4.78, 5) is 11.6. The van der Waals surface area contributed by atoms with Crippen molar-refractivity contribution < 1.29 is 4.74 Å². The Hall–Kier alpha value is -0.650. The van der Waals surface area contributed by atoms with Crippen molar-refractivity contribution in [2.45, 2.75) is 19.5 Å². The zero-order chi connectivity index (χ0) is 12.0. The first kappa shape index (κ1) is 13.4. The molecule has 1 aromatic rings. The zero-order valence-electron chi connectivity index (χ0n) is 9.57. The lowest BCUT2D eigenvalue weighted by Gasteiger charge is -2.13. The lowest BCUT2D eigenvalue weighted by molar-refractivity contribution is 0.172. The summed E-state index contributed by atoms with van der Waals surface area (Å²) in [5.74, 6) is 0. The second-order valence-corrected chi connectivity index (χ2v) is 4.52. The van der Waals surface area contributed by atoms with Gasteiger partial charge in [-0.2, -0.15) is 0 Å². The molecule has 0 saturated carbocycles. The smallest absolute Gasteiger partial charge is 0.264 e. The number of nitrogens with zero attached hydrogens (tertiary/aromatic N) is 1. The molecule has 1 aromatic heterocycles. The van der Waals surface area contributed by atoms with Crippen molar-refractivity contribution in [2.24, 2.45) is 0 Å². The Balaban J connectivity index is 2.43. The lowest BCUT2D eigenvalue weighted by atomic mass is 10.3. The van der Waals surface area contributed by atoms with E-state index < -0.39 is 0 Å². The molecule has 0 radical (unpaired) electrons. The number of ether oxygens (including phenoxy) is 1. The summed E-state index contributed by atoms with van der Waals surface area (Å²) in [7, 11) is 1.68. The molecule has 1 unspecified atom stereocenters. The van der Waals surface area contributed by atoms with Crippen LogP contribution in [-0.4, -0.2) is 30.9 Å². The van der Waals surface area contributed by atoms with E-state index in [1.54, 1.807) is 23.9 Å². The monoisotopic (exact) mass is 288 g/mol. The van der Waals surface area contributed by atoms with Crippen molar-refractivity contribution in [1.82, 2.24) is 9.88 Å². The molecular formula is C11H17BrN2O2. The van der Waals surface area contributed by atoms with Crippen LogP contribution in [0.2, 0.25) is 0 Å². The van der Waals surface area contributed by atoms with E-state index in [1.807, 2.05) is 13.0 Å². The minimum atomic E-state index is 0.00342. The summed E-state index contributed by atoms with van der Waals surface area (Å²) in [5.41, 5.74) is 0.00342. The Morgan fingerprint density at radius 3 is 3.06 bits per heavy atom. The van der Waals surface area contributed by atoms with Crippen LogP contribution in [0.4, 0.5) is 0 Å². The number of aromatic nitrogens is 1. The van der Waals surface area contributed by atoms with Gasteiger partial charge in [-0.1, -0.05) is 0 Å². The summed E-state index contributed by atoms with van der Waals surface area (Å²) < 4.78 is 7.29. The SMILES string of the molecule is COCC(C)NCCn1cccc(Br)c1=O. The van der Waals surface area contributed by atoms with Crippen molar-refractivity contribution in [3.63, 3.8) is 0 Å². The zero-order valence-corrected chi connectivity index (χ0v) is 11.2. The highest BCUT2D eigenvalue weighted by atomic mass is 79.9. The highest BCUT2D eigenvalue weighted by Gasteiger charge is 2.01. The average molecular weight is 289 g/mol. The molecule has 0 bridgehead atoms. The second kappa shape index (κ2) is 6.83. The molecule has 0 amide bonds. The molecular weight excluding hydrogens is 272 g/mol. The largest absolute Gasteiger partial charge is 0.383 e. The molecule has 4 nitrogen and oxygen atoms in total. The summed E-state index contributed by atoms with van der Waals surface area (Å²) in [6.07, 6.45) is 1.79. The molecule has 0 aliphatic rings. The van der Waals surface area contributed by atoms with Crippen molar-refractivity contribution in [2.75, 3.05) is 20.3 Å². The quantitative estimate of drug-likeness (QED) is 0.856. The van der Waals surface area contributed by atoms with Crippen molar-refractivity contribution in [3.05, 3.63) is 33.2 Å². The number of methoxy groups -OCH3 is 1. The lowest BCUT2D eigenvalue weighted by Crippen LogP contribution is -2.34. The van der Waals surface area contributed by atoms with E-state index in [0.717, 1.165) is 6.54 Å². The van der Waals surface area contributed by atoms with E-state index in [1.165, 1.54) is 0 Å². The van der Waals surface area contributed by atoms with E-state index in [2.05, 4.69) is 21.2 Å². The van der Waals surface area contributed by atoms with Crippen LogP contribution in [0, 0.1) is 0 Å². The van der Waals surface area contributed by atoms with Gasteiger partial charge in [0.25, 0.3) is 5.56 Å². The molecule has 90 valence electrons. The van der Waals surface area contributed by atoms with E-state index in [4.69, 9.17) is 4.74 Å². The average Bonchev–Trinajstić information content (AvgIpc) is 2.25. The Bertz CT molecular complexity index is 378. The third-order valence-electron chi connectivity index (χ3n) is 2.24. The Labute approximate surface area is 104 Å². The maximum absolute atomic E-state index is 11.6. The second-order valence-electron chi connectivity index (χ2n) is 3.67. The minimum Gasteiger partial charge on any atom is -0.383 e. The Morgan fingerprint density at radius 1 is 1.62 bits per heavy atom. The molecule has 0 aromatic carbocycles. The number of pyridine rings is 1. The van der Waals surface area contributed by atoms with Gasteiger partial charge in [-0.3, -0.25) is 4.79 Å². The third-order valence-corrected chi connectivity index (χ3v) is 2.84. The van der Waals surface area contributed by atoms with Gasteiger partial charge >= 0.3 is 0 Å². The normalized spacial score (nSPS) is 12.7. The molecule has 1 rings (SSSR count). The van der Waals surface area contributed by atoms with Gasteiger partial charge < -0.3 is 14.6 Å². The predicted octanol–water partition coefficient (Wildman–Crippen LogP) is 1.24. The molecule has 1 N–H and O–H groups in total. The maximum atomic E-state index is 11.6. The van der Waals surface area contributed by atoms with Crippen LogP contribution in [0.15, 0.2) is 27.6 Å². The van der Waals surface area contributed by atoms with Gasteiger partial charge in [0.15, 0.2) is 0 Å². The van der Waals surface area contributed by atoms with Crippen LogP contribution in [0.25, 0.3) is 0 Å². The Kier molecular flexibility index (Phi) is 5.73. The van der Waals surface area contributed by atoms with Crippen molar-refractivity contribution in [3.8, 4) is 0 Å².